The lowest BCUT2D eigenvalue weighted by atomic mass is 10.0. The summed E-state index contributed by atoms with van der Waals surface area (Å²) in [6, 6.07) is 0. The van der Waals surface area contributed by atoms with Crippen LogP contribution in [-0.2, 0) is 9.47 Å². The van der Waals surface area contributed by atoms with Crippen LogP contribution in [0.2, 0.25) is 0 Å². The number of unbranched alkanes of at least 4 members (excludes halogenated alkanes) is 6. The number of rotatable bonds is 10. The predicted molar refractivity (Wildman–Crippen MR) is 80.8 cm³/mol. The number of hydrogen-bond donors (Lipinski definition) is 3. The summed E-state index contributed by atoms with van der Waals surface area (Å²) in [7, 11) is 0. The van der Waals surface area contributed by atoms with E-state index in [1.54, 1.807) is 6.26 Å². The molecule has 0 aliphatic carbocycles. The van der Waals surface area contributed by atoms with Gasteiger partial charge in [-0.25, -0.2) is 0 Å². The number of aliphatic hydroxyl groups is 3. The zero-order valence-electron chi connectivity index (χ0n) is 13.0. The zero-order chi connectivity index (χ0) is 15.5. The van der Waals surface area contributed by atoms with Crippen molar-refractivity contribution in [3.05, 3.63) is 12.3 Å². The molecule has 1 fully saturated rings. The second-order valence-corrected chi connectivity index (χ2v) is 5.64. The van der Waals surface area contributed by atoms with Gasteiger partial charge in [0.25, 0.3) is 0 Å². The van der Waals surface area contributed by atoms with E-state index in [9.17, 15) is 10.2 Å². The van der Waals surface area contributed by atoms with Gasteiger partial charge in [0.2, 0.25) is 0 Å². The van der Waals surface area contributed by atoms with Crippen molar-refractivity contribution in [2.75, 3.05) is 13.2 Å². The van der Waals surface area contributed by atoms with Crippen molar-refractivity contribution in [3.63, 3.8) is 0 Å². The summed E-state index contributed by atoms with van der Waals surface area (Å²) in [5.74, 6) is 0. The standard InChI is InChI=1S/C16H30O5/c1-2-3-4-5-6-7-8-9-10-20-16-13(18)12-21-14(11-17)15(16)19/h9-10,13-19H,2-8,11-12H2,1H3/b10-9+/t13-,14+,15+,16+/m0/s1. The molecule has 1 saturated heterocycles. The van der Waals surface area contributed by atoms with Crippen LogP contribution in [0.25, 0.3) is 0 Å². The lowest BCUT2D eigenvalue weighted by Gasteiger charge is -2.36. The Labute approximate surface area is 127 Å². The van der Waals surface area contributed by atoms with Crippen molar-refractivity contribution in [3.8, 4) is 0 Å². The van der Waals surface area contributed by atoms with Gasteiger partial charge in [0.1, 0.15) is 18.3 Å². The topological polar surface area (TPSA) is 79.2 Å². The molecule has 0 amide bonds. The summed E-state index contributed by atoms with van der Waals surface area (Å²) in [6.07, 6.45) is 8.58. The van der Waals surface area contributed by atoms with Crippen molar-refractivity contribution in [2.45, 2.75) is 76.3 Å². The monoisotopic (exact) mass is 302 g/mol. The van der Waals surface area contributed by atoms with Crippen LogP contribution in [-0.4, -0.2) is 52.9 Å². The van der Waals surface area contributed by atoms with Crippen molar-refractivity contribution in [1.29, 1.82) is 0 Å². The number of hydrogen-bond acceptors (Lipinski definition) is 5. The van der Waals surface area contributed by atoms with Gasteiger partial charge in [-0.05, 0) is 18.9 Å². The van der Waals surface area contributed by atoms with Gasteiger partial charge in [0.15, 0.2) is 6.10 Å². The third-order valence-corrected chi connectivity index (χ3v) is 3.81. The lowest BCUT2D eigenvalue weighted by molar-refractivity contribution is -0.197. The van der Waals surface area contributed by atoms with Crippen LogP contribution in [0.4, 0.5) is 0 Å². The van der Waals surface area contributed by atoms with E-state index in [0.717, 1.165) is 12.8 Å². The maximum Gasteiger partial charge on any atom is 0.154 e. The molecule has 0 saturated carbocycles. The Hall–Kier alpha value is -0.620. The molecule has 0 radical (unpaired) electrons. The minimum atomic E-state index is -1.02. The average molecular weight is 302 g/mol. The Morgan fingerprint density at radius 3 is 2.57 bits per heavy atom. The van der Waals surface area contributed by atoms with Crippen molar-refractivity contribution < 1.29 is 24.8 Å². The molecule has 0 aromatic rings. The first kappa shape index (κ1) is 18.4. The van der Waals surface area contributed by atoms with Crippen LogP contribution >= 0.6 is 0 Å². The smallest absolute Gasteiger partial charge is 0.154 e. The summed E-state index contributed by atoms with van der Waals surface area (Å²) in [5.41, 5.74) is 0. The van der Waals surface area contributed by atoms with E-state index in [0.29, 0.717) is 0 Å². The van der Waals surface area contributed by atoms with E-state index in [1.807, 2.05) is 6.08 Å². The molecule has 4 atom stereocenters. The van der Waals surface area contributed by atoms with E-state index < -0.39 is 24.4 Å². The molecular formula is C16H30O5. The molecule has 0 unspecified atom stereocenters. The maximum atomic E-state index is 9.92. The third-order valence-electron chi connectivity index (χ3n) is 3.81. The Morgan fingerprint density at radius 2 is 1.86 bits per heavy atom. The molecule has 1 aliphatic rings. The summed E-state index contributed by atoms with van der Waals surface area (Å²) in [6.45, 7) is 1.99. The van der Waals surface area contributed by atoms with Gasteiger partial charge in [-0.3, -0.25) is 0 Å². The number of allylic oxidation sites excluding steroid dienone is 1. The Kier molecular flexibility index (Phi) is 9.67. The van der Waals surface area contributed by atoms with Crippen molar-refractivity contribution in [2.24, 2.45) is 0 Å². The molecular weight excluding hydrogens is 272 g/mol. The van der Waals surface area contributed by atoms with Gasteiger partial charge in [0.05, 0.1) is 19.5 Å². The second-order valence-electron chi connectivity index (χ2n) is 5.64. The van der Waals surface area contributed by atoms with Crippen LogP contribution < -0.4 is 0 Å². The van der Waals surface area contributed by atoms with Crippen molar-refractivity contribution >= 4 is 0 Å². The van der Waals surface area contributed by atoms with Gasteiger partial charge in [-0.1, -0.05) is 39.0 Å². The molecule has 1 heterocycles. The number of aliphatic hydroxyl groups excluding tert-OH is 3. The Bertz CT molecular complexity index is 282. The SMILES string of the molecule is CCCCCCCC/C=C/O[C@H]1[C@H](O)[C@@H](CO)OC[C@@H]1O. The first-order chi connectivity index (χ1) is 10.2. The fourth-order valence-corrected chi connectivity index (χ4v) is 2.44. The highest BCUT2D eigenvalue weighted by Gasteiger charge is 2.39. The van der Waals surface area contributed by atoms with Gasteiger partial charge >= 0.3 is 0 Å². The zero-order valence-corrected chi connectivity index (χ0v) is 13.0. The normalized spacial score (nSPS) is 29.9. The van der Waals surface area contributed by atoms with Crippen LogP contribution in [0.15, 0.2) is 12.3 Å². The first-order valence-electron chi connectivity index (χ1n) is 8.09. The van der Waals surface area contributed by atoms with Gasteiger partial charge in [0, 0.05) is 0 Å². The lowest BCUT2D eigenvalue weighted by Crippen LogP contribution is -2.54. The quantitative estimate of drug-likeness (QED) is 0.423. The molecule has 0 aromatic carbocycles. The van der Waals surface area contributed by atoms with Crippen LogP contribution in [0.1, 0.15) is 51.9 Å². The summed E-state index contributed by atoms with van der Waals surface area (Å²) in [4.78, 5) is 0. The summed E-state index contributed by atoms with van der Waals surface area (Å²) >= 11 is 0. The minimum Gasteiger partial charge on any atom is -0.493 e. The average Bonchev–Trinajstić information content (AvgIpc) is 2.48. The van der Waals surface area contributed by atoms with Crippen molar-refractivity contribution in [1.82, 2.24) is 0 Å². The van der Waals surface area contributed by atoms with E-state index in [2.05, 4.69) is 6.92 Å². The van der Waals surface area contributed by atoms with E-state index in [4.69, 9.17) is 14.6 Å². The molecule has 1 rings (SSSR count). The van der Waals surface area contributed by atoms with Gasteiger partial charge in [-0.15, -0.1) is 0 Å². The fraction of sp³-hybridized carbons (Fsp3) is 0.875. The summed E-state index contributed by atoms with van der Waals surface area (Å²) < 4.78 is 10.5. The molecule has 0 aromatic heterocycles. The highest BCUT2D eigenvalue weighted by atomic mass is 16.6. The predicted octanol–water partition coefficient (Wildman–Crippen LogP) is 1.75. The minimum absolute atomic E-state index is 0.0677. The Morgan fingerprint density at radius 1 is 1.14 bits per heavy atom. The molecule has 5 nitrogen and oxygen atoms in total. The van der Waals surface area contributed by atoms with Crippen LogP contribution in [0, 0.1) is 0 Å². The van der Waals surface area contributed by atoms with E-state index in [-0.39, 0.29) is 13.2 Å². The van der Waals surface area contributed by atoms with E-state index >= 15 is 0 Å². The largest absolute Gasteiger partial charge is 0.493 e. The van der Waals surface area contributed by atoms with E-state index in [1.165, 1.54) is 32.1 Å². The molecule has 1 aliphatic heterocycles. The summed E-state index contributed by atoms with van der Waals surface area (Å²) in [5, 5.41) is 28.7. The van der Waals surface area contributed by atoms with Crippen LogP contribution in [0.5, 0.6) is 0 Å². The maximum absolute atomic E-state index is 9.92. The number of ether oxygens (including phenoxy) is 2. The molecule has 0 spiro atoms. The molecule has 5 heteroatoms. The van der Waals surface area contributed by atoms with Gasteiger partial charge < -0.3 is 24.8 Å². The second kappa shape index (κ2) is 11.0. The molecule has 21 heavy (non-hydrogen) atoms. The molecule has 124 valence electrons. The van der Waals surface area contributed by atoms with Gasteiger partial charge in [-0.2, -0.15) is 0 Å². The fourth-order valence-electron chi connectivity index (χ4n) is 2.44. The third kappa shape index (κ3) is 6.78. The highest BCUT2D eigenvalue weighted by Crippen LogP contribution is 2.18. The highest BCUT2D eigenvalue weighted by molar-refractivity contribution is 4.89. The Balaban J connectivity index is 2.16. The molecule has 3 N–H and O–H groups in total. The van der Waals surface area contributed by atoms with Crippen LogP contribution in [0.3, 0.4) is 0 Å². The molecule has 0 bridgehead atoms. The first-order valence-corrected chi connectivity index (χ1v) is 8.09.